The Hall–Kier alpha value is 0.210. The summed E-state index contributed by atoms with van der Waals surface area (Å²) in [5.74, 6) is 1.28. The van der Waals surface area contributed by atoms with Crippen LogP contribution in [0.1, 0.15) is 51.4 Å². The minimum absolute atomic E-state index is 0.318. The van der Waals surface area contributed by atoms with Crippen LogP contribution in [0.5, 0.6) is 0 Å². The molecule has 2 aliphatic carbocycles. The molecule has 0 aromatic heterocycles. The normalized spacial score (nSPS) is 36.0. The van der Waals surface area contributed by atoms with Crippen LogP contribution in [0.3, 0.4) is 0 Å². The Bertz CT molecular complexity index is 218. The zero-order valence-electron chi connectivity index (χ0n) is 10.7. The first kappa shape index (κ1) is 13.6. The SMILES string of the molecule is NCC1CC(Cl)CCC1OCC1CCCCC1. The molecular weight excluding hydrogens is 234 g/mol. The van der Waals surface area contributed by atoms with Crippen molar-refractivity contribution < 1.29 is 4.74 Å². The lowest BCUT2D eigenvalue weighted by Crippen LogP contribution is -2.37. The molecule has 3 unspecified atom stereocenters. The van der Waals surface area contributed by atoms with Crippen LogP contribution in [-0.2, 0) is 4.74 Å². The Morgan fingerprint density at radius 3 is 2.53 bits per heavy atom. The van der Waals surface area contributed by atoms with Crippen LogP contribution in [-0.4, -0.2) is 24.6 Å². The number of nitrogens with two attached hydrogens (primary N) is 1. The second kappa shape index (κ2) is 6.96. The van der Waals surface area contributed by atoms with Crippen LogP contribution < -0.4 is 5.73 Å². The highest BCUT2D eigenvalue weighted by Gasteiger charge is 2.30. The molecule has 0 heterocycles. The molecule has 0 spiro atoms. The van der Waals surface area contributed by atoms with Crippen LogP contribution in [0.25, 0.3) is 0 Å². The number of ether oxygens (including phenoxy) is 1. The lowest BCUT2D eigenvalue weighted by Gasteiger charge is -2.34. The third kappa shape index (κ3) is 4.11. The summed E-state index contributed by atoms with van der Waals surface area (Å²) in [7, 11) is 0. The maximum Gasteiger partial charge on any atom is 0.0616 e. The first-order valence-corrected chi connectivity index (χ1v) is 7.69. The molecule has 17 heavy (non-hydrogen) atoms. The molecular formula is C14H26ClNO. The maximum atomic E-state index is 6.19. The van der Waals surface area contributed by atoms with Crippen LogP contribution in [0, 0.1) is 11.8 Å². The number of rotatable bonds is 4. The lowest BCUT2D eigenvalue weighted by atomic mass is 9.85. The van der Waals surface area contributed by atoms with Crippen LogP contribution >= 0.6 is 11.6 Å². The van der Waals surface area contributed by atoms with E-state index in [0.29, 0.717) is 17.4 Å². The van der Waals surface area contributed by atoms with Gasteiger partial charge in [0.05, 0.1) is 6.10 Å². The summed E-state index contributed by atoms with van der Waals surface area (Å²) in [4.78, 5) is 0. The van der Waals surface area contributed by atoms with E-state index in [2.05, 4.69) is 0 Å². The van der Waals surface area contributed by atoms with Crippen LogP contribution in [0.4, 0.5) is 0 Å². The highest BCUT2D eigenvalue weighted by molar-refractivity contribution is 6.20. The third-order valence-electron chi connectivity index (χ3n) is 4.42. The molecule has 2 nitrogen and oxygen atoms in total. The number of halogens is 1. The topological polar surface area (TPSA) is 35.2 Å². The van der Waals surface area contributed by atoms with E-state index in [1.165, 1.54) is 32.1 Å². The van der Waals surface area contributed by atoms with Crippen molar-refractivity contribution in [1.82, 2.24) is 0 Å². The predicted molar refractivity (Wildman–Crippen MR) is 72.4 cm³/mol. The van der Waals surface area contributed by atoms with Gasteiger partial charge in [-0.1, -0.05) is 19.3 Å². The molecule has 2 rings (SSSR count). The van der Waals surface area contributed by atoms with Gasteiger partial charge in [0.15, 0.2) is 0 Å². The fraction of sp³-hybridized carbons (Fsp3) is 1.00. The minimum atomic E-state index is 0.318. The lowest BCUT2D eigenvalue weighted by molar-refractivity contribution is -0.0285. The summed E-state index contributed by atoms with van der Waals surface area (Å²) in [6.07, 6.45) is 10.5. The van der Waals surface area contributed by atoms with E-state index in [1.54, 1.807) is 0 Å². The molecule has 2 fully saturated rings. The summed E-state index contributed by atoms with van der Waals surface area (Å²) in [5.41, 5.74) is 5.83. The van der Waals surface area contributed by atoms with E-state index in [0.717, 1.165) is 38.3 Å². The first-order valence-electron chi connectivity index (χ1n) is 7.25. The predicted octanol–water partition coefficient (Wildman–Crippen LogP) is 3.32. The molecule has 3 atom stereocenters. The quantitative estimate of drug-likeness (QED) is 0.786. The molecule has 0 saturated heterocycles. The summed E-state index contributed by atoms with van der Waals surface area (Å²) < 4.78 is 6.14. The molecule has 0 bridgehead atoms. The molecule has 0 aromatic carbocycles. The van der Waals surface area contributed by atoms with Crippen LogP contribution in [0.15, 0.2) is 0 Å². The molecule has 0 amide bonds. The first-order chi connectivity index (χ1) is 8.29. The smallest absolute Gasteiger partial charge is 0.0616 e. The van der Waals surface area contributed by atoms with Gasteiger partial charge in [0, 0.05) is 12.0 Å². The number of hydrogen-bond donors (Lipinski definition) is 1. The van der Waals surface area contributed by atoms with Gasteiger partial charge in [0.25, 0.3) is 0 Å². The molecule has 3 heteroatoms. The standard InChI is InChI=1S/C14H26ClNO/c15-13-6-7-14(12(8-13)9-16)17-10-11-4-2-1-3-5-11/h11-14H,1-10,16H2. The highest BCUT2D eigenvalue weighted by atomic mass is 35.5. The Kier molecular flexibility index (Phi) is 5.58. The Balaban J connectivity index is 1.73. The number of alkyl halides is 1. The molecule has 2 saturated carbocycles. The van der Waals surface area contributed by atoms with Gasteiger partial charge in [-0.3, -0.25) is 0 Å². The molecule has 0 aliphatic heterocycles. The van der Waals surface area contributed by atoms with Crippen LogP contribution in [0.2, 0.25) is 0 Å². The molecule has 100 valence electrons. The van der Waals surface area contributed by atoms with Gasteiger partial charge < -0.3 is 10.5 Å². The van der Waals surface area contributed by atoms with Crippen molar-refractivity contribution in [2.75, 3.05) is 13.2 Å². The Morgan fingerprint density at radius 2 is 1.82 bits per heavy atom. The summed E-state index contributed by atoms with van der Waals surface area (Å²) in [5, 5.41) is 0.318. The van der Waals surface area contributed by atoms with Gasteiger partial charge in [-0.05, 0) is 50.5 Å². The zero-order chi connectivity index (χ0) is 12.1. The van der Waals surface area contributed by atoms with E-state index < -0.39 is 0 Å². The molecule has 2 aliphatic rings. The van der Waals surface area contributed by atoms with Crippen molar-refractivity contribution in [2.24, 2.45) is 17.6 Å². The van der Waals surface area contributed by atoms with Crippen molar-refractivity contribution in [2.45, 2.75) is 62.8 Å². The average Bonchev–Trinajstić information content (AvgIpc) is 2.38. The van der Waals surface area contributed by atoms with Gasteiger partial charge in [-0.25, -0.2) is 0 Å². The van der Waals surface area contributed by atoms with E-state index in [4.69, 9.17) is 22.1 Å². The Labute approximate surface area is 110 Å². The van der Waals surface area contributed by atoms with Gasteiger partial charge in [0.1, 0.15) is 0 Å². The van der Waals surface area contributed by atoms with Gasteiger partial charge >= 0.3 is 0 Å². The van der Waals surface area contributed by atoms with Crippen molar-refractivity contribution in [1.29, 1.82) is 0 Å². The zero-order valence-corrected chi connectivity index (χ0v) is 11.5. The van der Waals surface area contributed by atoms with Crippen molar-refractivity contribution >= 4 is 11.6 Å². The average molecular weight is 260 g/mol. The van der Waals surface area contributed by atoms with Gasteiger partial charge in [0.2, 0.25) is 0 Å². The second-order valence-electron chi connectivity index (χ2n) is 5.78. The van der Waals surface area contributed by atoms with Crippen molar-refractivity contribution in [3.05, 3.63) is 0 Å². The number of hydrogen-bond acceptors (Lipinski definition) is 2. The minimum Gasteiger partial charge on any atom is -0.378 e. The van der Waals surface area contributed by atoms with Crippen molar-refractivity contribution in [3.8, 4) is 0 Å². The van der Waals surface area contributed by atoms with E-state index in [9.17, 15) is 0 Å². The van der Waals surface area contributed by atoms with Gasteiger partial charge in [-0.2, -0.15) is 0 Å². The third-order valence-corrected chi connectivity index (χ3v) is 4.82. The summed E-state index contributed by atoms with van der Waals surface area (Å²) in [6, 6.07) is 0. The molecule has 2 N–H and O–H groups in total. The van der Waals surface area contributed by atoms with E-state index in [1.807, 2.05) is 0 Å². The maximum absolute atomic E-state index is 6.19. The monoisotopic (exact) mass is 259 g/mol. The molecule has 0 radical (unpaired) electrons. The van der Waals surface area contributed by atoms with E-state index >= 15 is 0 Å². The highest BCUT2D eigenvalue weighted by Crippen LogP contribution is 2.31. The summed E-state index contributed by atoms with van der Waals surface area (Å²) in [6.45, 7) is 1.67. The van der Waals surface area contributed by atoms with Gasteiger partial charge in [-0.15, -0.1) is 11.6 Å². The fourth-order valence-electron chi connectivity index (χ4n) is 3.26. The fourth-order valence-corrected chi connectivity index (χ4v) is 3.61. The van der Waals surface area contributed by atoms with Crippen molar-refractivity contribution in [3.63, 3.8) is 0 Å². The molecule has 0 aromatic rings. The van der Waals surface area contributed by atoms with E-state index in [-0.39, 0.29) is 0 Å². The second-order valence-corrected chi connectivity index (χ2v) is 6.40. The largest absolute Gasteiger partial charge is 0.378 e. The summed E-state index contributed by atoms with van der Waals surface area (Å²) >= 11 is 6.19. The Morgan fingerprint density at radius 1 is 1.06 bits per heavy atom.